The molecule has 1 N–H and O–H groups in total. The Morgan fingerprint density at radius 3 is 2.64 bits per heavy atom. The molecule has 76 valence electrons. The van der Waals surface area contributed by atoms with E-state index in [0.717, 1.165) is 18.7 Å². The molecule has 0 spiro atoms. The summed E-state index contributed by atoms with van der Waals surface area (Å²) in [6.07, 6.45) is 0.913. The Kier molecular flexibility index (Phi) is 4.60. The predicted octanol–water partition coefficient (Wildman–Crippen LogP) is 3.00. The number of allylic oxidation sites excluding steroid dienone is 1. The summed E-state index contributed by atoms with van der Waals surface area (Å²) in [6, 6.07) is 10.3. The Bertz CT molecular complexity index is 280. The van der Waals surface area contributed by atoms with Gasteiger partial charge in [0.05, 0.1) is 0 Å². The van der Waals surface area contributed by atoms with Crippen LogP contribution in [0.5, 0.6) is 0 Å². The van der Waals surface area contributed by atoms with Gasteiger partial charge < -0.3 is 5.32 Å². The molecule has 14 heavy (non-hydrogen) atoms. The van der Waals surface area contributed by atoms with Crippen LogP contribution < -0.4 is 5.32 Å². The average Bonchev–Trinajstić information content (AvgIpc) is 2.15. The first kappa shape index (κ1) is 11.2. The van der Waals surface area contributed by atoms with Crippen LogP contribution in [0.25, 0.3) is 0 Å². The van der Waals surface area contributed by atoms with Crippen LogP contribution in [0, 0.1) is 0 Å². The van der Waals surface area contributed by atoms with Crippen molar-refractivity contribution in [3.63, 3.8) is 0 Å². The van der Waals surface area contributed by atoms with Gasteiger partial charge in [-0.15, -0.1) is 0 Å². The van der Waals surface area contributed by atoms with Gasteiger partial charge in [0.25, 0.3) is 0 Å². The van der Waals surface area contributed by atoms with Gasteiger partial charge >= 0.3 is 0 Å². The van der Waals surface area contributed by atoms with Gasteiger partial charge in [0.2, 0.25) is 0 Å². The van der Waals surface area contributed by atoms with Crippen LogP contribution in [0.3, 0.4) is 0 Å². The van der Waals surface area contributed by atoms with E-state index in [2.05, 4.69) is 43.6 Å². The first-order valence-corrected chi connectivity index (χ1v) is 5.34. The number of thiol groups is 1. The lowest BCUT2D eigenvalue weighted by atomic mass is 10.2. The van der Waals surface area contributed by atoms with E-state index in [1.807, 2.05) is 18.2 Å². The second-order valence-corrected chi connectivity index (χ2v) is 4.38. The minimum absolute atomic E-state index is 0.366. The summed E-state index contributed by atoms with van der Waals surface area (Å²) in [5, 5.41) is 3.65. The Morgan fingerprint density at radius 2 is 2.07 bits per heavy atom. The highest BCUT2D eigenvalue weighted by atomic mass is 32.1. The molecule has 0 saturated heterocycles. The number of nitrogens with one attached hydrogen (secondary N) is 1. The van der Waals surface area contributed by atoms with E-state index in [0.29, 0.717) is 5.25 Å². The van der Waals surface area contributed by atoms with Crippen LogP contribution in [0.2, 0.25) is 0 Å². The fourth-order valence-corrected chi connectivity index (χ4v) is 1.47. The van der Waals surface area contributed by atoms with E-state index < -0.39 is 0 Å². The van der Waals surface area contributed by atoms with Crippen LogP contribution in [0.1, 0.15) is 18.9 Å². The fourth-order valence-electron chi connectivity index (χ4n) is 1.25. The number of rotatable bonds is 5. The summed E-state index contributed by atoms with van der Waals surface area (Å²) >= 11 is 4.32. The summed E-state index contributed by atoms with van der Waals surface area (Å²) in [7, 11) is 0. The van der Waals surface area contributed by atoms with Crippen LogP contribution in [-0.2, 0) is 6.54 Å². The van der Waals surface area contributed by atoms with Crippen molar-refractivity contribution >= 4 is 12.6 Å². The van der Waals surface area contributed by atoms with Crippen LogP contribution >= 0.6 is 12.6 Å². The molecule has 0 fully saturated rings. The zero-order valence-electron chi connectivity index (χ0n) is 8.53. The molecule has 1 aromatic rings. The van der Waals surface area contributed by atoms with Gasteiger partial charge in [-0.3, -0.25) is 0 Å². The third-order valence-electron chi connectivity index (χ3n) is 1.93. The second kappa shape index (κ2) is 5.76. The molecule has 0 aliphatic heterocycles. The average molecular weight is 207 g/mol. The molecule has 0 bridgehead atoms. The molecule has 1 nitrogen and oxygen atoms in total. The van der Waals surface area contributed by atoms with E-state index in [-0.39, 0.29) is 0 Å². The van der Waals surface area contributed by atoms with Gasteiger partial charge in [-0.2, -0.15) is 12.6 Å². The Labute approximate surface area is 91.6 Å². The highest BCUT2D eigenvalue weighted by Crippen LogP contribution is 2.06. The summed E-state index contributed by atoms with van der Waals surface area (Å²) in [5.41, 5.74) is 2.33. The topological polar surface area (TPSA) is 12.0 Å². The molecular weight excluding hydrogens is 190 g/mol. The predicted molar refractivity (Wildman–Crippen MR) is 65.5 cm³/mol. The van der Waals surface area contributed by atoms with Crippen LogP contribution in [-0.4, -0.2) is 5.25 Å². The number of benzene rings is 1. The molecule has 0 saturated carbocycles. The summed E-state index contributed by atoms with van der Waals surface area (Å²) < 4.78 is 0. The zero-order valence-corrected chi connectivity index (χ0v) is 9.43. The Balaban J connectivity index is 2.31. The lowest BCUT2D eigenvalue weighted by molar-refractivity contribution is 0.748. The third kappa shape index (κ3) is 4.38. The highest BCUT2D eigenvalue weighted by Gasteiger charge is 1.98. The highest BCUT2D eigenvalue weighted by molar-refractivity contribution is 7.80. The molecule has 1 atom stereocenters. The maximum Gasteiger partial charge on any atom is 0.0397 e. The number of hydrogen-bond acceptors (Lipinski definition) is 2. The van der Waals surface area contributed by atoms with Gasteiger partial charge in [0, 0.05) is 17.5 Å². The normalized spacial score (nSPS) is 12.1. The minimum Gasteiger partial charge on any atom is -0.385 e. The minimum atomic E-state index is 0.366. The Hall–Kier alpha value is -0.890. The molecule has 0 aliphatic carbocycles. The van der Waals surface area contributed by atoms with Crippen molar-refractivity contribution in [1.29, 1.82) is 0 Å². The molecule has 0 heterocycles. The first-order valence-electron chi connectivity index (χ1n) is 4.82. The molecule has 2 heteroatoms. The third-order valence-corrected chi connectivity index (χ3v) is 2.11. The lowest BCUT2D eigenvalue weighted by Gasteiger charge is -2.11. The van der Waals surface area contributed by atoms with E-state index >= 15 is 0 Å². The molecule has 1 rings (SSSR count). The molecule has 0 radical (unpaired) electrons. The van der Waals surface area contributed by atoms with Crippen LogP contribution in [0.4, 0.5) is 0 Å². The summed E-state index contributed by atoms with van der Waals surface area (Å²) in [5.74, 6) is 0. The molecule has 1 unspecified atom stereocenters. The van der Waals surface area contributed by atoms with Crippen molar-refractivity contribution in [2.24, 2.45) is 0 Å². The molecule has 0 aliphatic rings. The van der Waals surface area contributed by atoms with Gasteiger partial charge in [-0.05, 0) is 12.0 Å². The van der Waals surface area contributed by atoms with Crippen molar-refractivity contribution in [3.05, 3.63) is 48.2 Å². The van der Waals surface area contributed by atoms with Gasteiger partial charge in [0.15, 0.2) is 0 Å². The monoisotopic (exact) mass is 207 g/mol. The van der Waals surface area contributed by atoms with E-state index in [1.54, 1.807) is 0 Å². The first-order chi connectivity index (χ1) is 6.68. The molecule has 0 amide bonds. The fraction of sp³-hybridized carbons (Fsp3) is 0.333. The number of hydrogen-bond donors (Lipinski definition) is 2. The maximum absolute atomic E-state index is 4.32. The largest absolute Gasteiger partial charge is 0.385 e. The van der Waals surface area contributed by atoms with Crippen molar-refractivity contribution in [2.75, 3.05) is 0 Å². The van der Waals surface area contributed by atoms with Crippen LogP contribution in [0.15, 0.2) is 42.6 Å². The Morgan fingerprint density at radius 1 is 1.43 bits per heavy atom. The van der Waals surface area contributed by atoms with E-state index in [9.17, 15) is 0 Å². The quantitative estimate of drug-likeness (QED) is 0.707. The van der Waals surface area contributed by atoms with Crippen molar-refractivity contribution in [1.82, 2.24) is 5.32 Å². The van der Waals surface area contributed by atoms with E-state index in [4.69, 9.17) is 0 Å². The van der Waals surface area contributed by atoms with Gasteiger partial charge in [-0.25, -0.2) is 0 Å². The van der Waals surface area contributed by atoms with Crippen molar-refractivity contribution < 1.29 is 0 Å². The van der Waals surface area contributed by atoms with Gasteiger partial charge in [0.1, 0.15) is 0 Å². The molecule has 0 aromatic heterocycles. The smallest absolute Gasteiger partial charge is 0.0397 e. The van der Waals surface area contributed by atoms with E-state index in [1.165, 1.54) is 5.56 Å². The summed E-state index contributed by atoms with van der Waals surface area (Å²) in [6.45, 7) is 6.87. The summed E-state index contributed by atoms with van der Waals surface area (Å²) in [4.78, 5) is 0. The van der Waals surface area contributed by atoms with Gasteiger partial charge in [-0.1, -0.05) is 43.8 Å². The standard InChI is InChI=1S/C12H17NS/c1-10(8-11(2)14)13-9-12-6-4-3-5-7-12/h3-7,11,13-14H,1,8-9H2,2H3. The zero-order chi connectivity index (χ0) is 10.4. The van der Waals surface area contributed by atoms with Crippen molar-refractivity contribution in [2.45, 2.75) is 25.1 Å². The molecule has 1 aromatic carbocycles. The lowest BCUT2D eigenvalue weighted by Crippen LogP contribution is -2.14. The second-order valence-electron chi connectivity index (χ2n) is 3.50. The maximum atomic E-state index is 4.32. The molecular formula is C12H17NS. The van der Waals surface area contributed by atoms with Crippen molar-refractivity contribution in [3.8, 4) is 0 Å². The SMILES string of the molecule is C=C(CC(C)S)NCc1ccccc1.